The lowest BCUT2D eigenvalue weighted by Crippen LogP contribution is -2.39. The topological polar surface area (TPSA) is 53.8 Å². The number of anilines is 1. The summed E-state index contributed by atoms with van der Waals surface area (Å²) in [7, 11) is 0. The standard InChI is InChI=1S/C16H16N2O3S/c1-10-2-3-14(21-10)16(20)17-6-4-12-13(17)8-15(19)18(12)11-5-7-22-9-11/h2-3,5,7,9,12-13H,4,6,8H2,1H3/t12-,13+/m1/s1. The molecule has 4 rings (SSSR count). The van der Waals surface area contributed by atoms with Crippen LogP contribution in [0.1, 0.15) is 29.2 Å². The molecule has 0 unspecified atom stereocenters. The number of amides is 2. The molecule has 2 aromatic heterocycles. The van der Waals surface area contributed by atoms with Crippen LogP contribution >= 0.6 is 11.3 Å². The average molecular weight is 316 g/mol. The number of furan rings is 1. The fraction of sp³-hybridized carbons (Fsp3) is 0.375. The molecule has 2 fully saturated rings. The minimum Gasteiger partial charge on any atom is -0.456 e. The molecular weight excluding hydrogens is 300 g/mol. The highest BCUT2D eigenvalue weighted by atomic mass is 32.1. The monoisotopic (exact) mass is 316 g/mol. The van der Waals surface area contributed by atoms with Crippen LogP contribution in [0.4, 0.5) is 5.69 Å². The lowest BCUT2D eigenvalue weighted by molar-refractivity contribution is -0.117. The van der Waals surface area contributed by atoms with Crippen molar-refractivity contribution < 1.29 is 14.0 Å². The maximum absolute atomic E-state index is 12.6. The molecule has 0 saturated carbocycles. The molecule has 6 heteroatoms. The summed E-state index contributed by atoms with van der Waals surface area (Å²) in [5, 5.41) is 3.96. The van der Waals surface area contributed by atoms with E-state index in [2.05, 4.69) is 0 Å². The van der Waals surface area contributed by atoms with Crippen molar-refractivity contribution >= 4 is 28.8 Å². The number of fused-ring (bicyclic) bond motifs is 1. The van der Waals surface area contributed by atoms with E-state index in [-0.39, 0.29) is 23.9 Å². The fourth-order valence-corrected chi connectivity index (χ4v) is 4.15. The van der Waals surface area contributed by atoms with Crippen molar-refractivity contribution in [1.29, 1.82) is 0 Å². The molecule has 2 aliphatic heterocycles. The minimum absolute atomic E-state index is 0.0506. The van der Waals surface area contributed by atoms with Crippen LogP contribution in [0.5, 0.6) is 0 Å². The number of carbonyl (C=O) groups excluding carboxylic acids is 2. The summed E-state index contributed by atoms with van der Waals surface area (Å²) in [6.45, 7) is 2.49. The van der Waals surface area contributed by atoms with Gasteiger partial charge in [-0.05, 0) is 36.9 Å². The zero-order chi connectivity index (χ0) is 15.3. The molecule has 2 saturated heterocycles. The van der Waals surface area contributed by atoms with Crippen LogP contribution in [0.3, 0.4) is 0 Å². The zero-order valence-electron chi connectivity index (χ0n) is 12.2. The third-order valence-corrected chi connectivity index (χ3v) is 5.16. The molecule has 4 heterocycles. The van der Waals surface area contributed by atoms with Crippen molar-refractivity contribution in [1.82, 2.24) is 4.90 Å². The third kappa shape index (κ3) is 1.98. The zero-order valence-corrected chi connectivity index (χ0v) is 13.0. The summed E-state index contributed by atoms with van der Waals surface area (Å²) in [6, 6.07) is 5.49. The van der Waals surface area contributed by atoms with E-state index in [1.54, 1.807) is 28.4 Å². The van der Waals surface area contributed by atoms with Crippen LogP contribution in [0.2, 0.25) is 0 Å². The number of aryl methyl sites for hydroxylation is 1. The highest BCUT2D eigenvalue weighted by Gasteiger charge is 2.49. The molecule has 0 aliphatic carbocycles. The van der Waals surface area contributed by atoms with E-state index in [1.165, 1.54) is 0 Å². The molecule has 2 aliphatic rings. The normalized spacial score (nSPS) is 24.1. The van der Waals surface area contributed by atoms with E-state index in [9.17, 15) is 9.59 Å². The third-order valence-electron chi connectivity index (χ3n) is 4.49. The summed E-state index contributed by atoms with van der Waals surface area (Å²) in [5.74, 6) is 1.07. The Morgan fingerprint density at radius 3 is 2.86 bits per heavy atom. The molecule has 114 valence electrons. The van der Waals surface area contributed by atoms with Gasteiger partial charge in [-0.15, -0.1) is 0 Å². The number of rotatable bonds is 2. The molecule has 2 amide bonds. The van der Waals surface area contributed by atoms with Crippen LogP contribution in [-0.4, -0.2) is 35.3 Å². The van der Waals surface area contributed by atoms with Gasteiger partial charge in [-0.2, -0.15) is 11.3 Å². The first-order chi connectivity index (χ1) is 10.6. The molecule has 22 heavy (non-hydrogen) atoms. The second-order valence-electron chi connectivity index (χ2n) is 5.78. The first-order valence-corrected chi connectivity index (χ1v) is 8.31. The van der Waals surface area contributed by atoms with Gasteiger partial charge >= 0.3 is 0 Å². The quantitative estimate of drug-likeness (QED) is 0.856. The first kappa shape index (κ1) is 13.6. The van der Waals surface area contributed by atoms with Gasteiger partial charge in [-0.3, -0.25) is 9.59 Å². The summed E-state index contributed by atoms with van der Waals surface area (Å²) in [4.78, 5) is 28.6. The Kier molecular flexibility index (Phi) is 3.07. The van der Waals surface area contributed by atoms with Gasteiger partial charge in [0.1, 0.15) is 5.76 Å². The highest BCUT2D eigenvalue weighted by Crippen LogP contribution is 2.37. The van der Waals surface area contributed by atoms with Crippen molar-refractivity contribution in [3.8, 4) is 0 Å². The van der Waals surface area contributed by atoms with Gasteiger partial charge in [0.15, 0.2) is 5.76 Å². The lowest BCUT2D eigenvalue weighted by Gasteiger charge is -2.24. The number of hydrogen-bond acceptors (Lipinski definition) is 4. The Labute approximate surface area is 132 Å². The number of thiophene rings is 1. The van der Waals surface area contributed by atoms with E-state index < -0.39 is 0 Å². The van der Waals surface area contributed by atoms with Crippen molar-refractivity contribution in [3.05, 3.63) is 40.5 Å². The van der Waals surface area contributed by atoms with Crippen LogP contribution in [0, 0.1) is 6.92 Å². The van der Waals surface area contributed by atoms with Crippen molar-refractivity contribution in [3.63, 3.8) is 0 Å². The maximum Gasteiger partial charge on any atom is 0.289 e. The van der Waals surface area contributed by atoms with Crippen LogP contribution in [0.25, 0.3) is 0 Å². The van der Waals surface area contributed by atoms with E-state index in [1.807, 2.05) is 28.7 Å². The fourth-order valence-electron chi connectivity index (χ4n) is 3.52. The van der Waals surface area contributed by atoms with Crippen LogP contribution < -0.4 is 4.90 Å². The van der Waals surface area contributed by atoms with E-state index in [4.69, 9.17) is 4.42 Å². The molecule has 0 bridgehead atoms. The molecule has 5 nitrogen and oxygen atoms in total. The summed E-state index contributed by atoms with van der Waals surface area (Å²) in [5.41, 5.74) is 0.950. The van der Waals surface area contributed by atoms with Gasteiger partial charge in [0.2, 0.25) is 5.91 Å². The second kappa shape index (κ2) is 4.98. The average Bonchev–Trinajstić information content (AvgIpc) is 3.21. The lowest BCUT2D eigenvalue weighted by atomic mass is 10.1. The number of likely N-dealkylation sites (tertiary alicyclic amines) is 1. The van der Waals surface area contributed by atoms with E-state index in [0.717, 1.165) is 17.9 Å². The van der Waals surface area contributed by atoms with Crippen molar-refractivity contribution in [2.24, 2.45) is 0 Å². The summed E-state index contributed by atoms with van der Waals surface area (Å²) >= 11 is 1.58. The maximum atomic E-state index is 12.6. The molecule has 0 aromatic carbocycles. The SMILES string of the molecule is Cc1ccc(C(=O)N2CC[C@@H]3[C@@H]2CC(=O)N3c2ccsc2)o1. The summed E-state index contributed by atoms with van der Waals surface area (Å²) < 4.78 is 5.44. The molecule has 2 atom stereocenters. The van der Waals surface area contributed by atoms with Gasteiger partial charge < -0.3 is 14.2 Å². The van der Waals surface area contributed by atoms with E-state index in [0.29, 0.717) is 18.7 Å². The van der Waals surface area contributed by atoms with Crippen molar-refractivity contribution in [2.75, 3.05) is 11.4 Å². The predicted molar refractivity (Wildman–Crippen MR) is 83.1 cm³/mol. The van der Waals surface area contributed by atoms with Gasteiger partial charge in [-0.1, -0.05) is 0 Å². The number of hydrogen-bond donors (Lipinski definition) is 0. The Bertz CT molecular complexity index is 722. The molecule has 0 spiro atoms. The Morgan fingerprint density at radius 2 is 2.18 bits per heavy atom. The highest BCUT2D eigenvalue weighted by molar-refractivity contribution is 7.08. The van der Waals surface area contributed by atoms with Gasteiger partial charge in [0, 0.05) is 18.3 Å². The molecular formula is C16H16N2O3S. The van der Waals surface area contributed by atoms with Gasteiger partial charge in [0.25, 0.3) is 5.91 Å². The molecule has 0 radical (unpaired) electrons. The van der Waals surface area contributed by atoms with Gasteiger partial charge in [-0.25, -0.2) is 0 Å². The van der Waals surface area contributed by atoms with Crippen molar-refractivity contribution in [2.45, 2.75) is 31.8 Å². The second-order valence-corrected chi connectivity index (χ2v) is 6.56. The van der Waals surface area contributed by atoms with E-state index >= 15 is 0 Å². The Hall–Kier alpha value is -2.08. The number of carbonyl (C=O) groups is 2. The smallest absolute Gasteiger partial charge is 0.289 e. The molecule has 0 N–H and O–H groups in total. The minimum atomic E-state index is -0.111. The summed E-state index contributed by atoms with van der Waals surface area (Å²) in [6.07, 6.45) is 1.21. The largest absolute Gasteiger partial charge is 0.456 e. The molecule has 2 aromatic rings. The van der Waals surface area contributed by atoms with Crippen LogP contribution in [-0.2, 0) is 4.79 Å². The number of nitrogens with zero attached hydrogens (tertiary/aromatic N) is 2. The van der Waals surface area contributed by atoms with Crippen LogP contribution in [0.15, 0.2) is 33.4 Å². The van der Waals surface area contributed by atoms with Gasteiger partial charge in [0.05, 0.1) is 17.8 Å². The Morgan fingerprint density at radius 1 is 1.32 bits per heavy atom. The Balaban J connectivity index is 1.59. The predicted octanol–water partition coefficient (Wildman–Crippen LogP) is 2.67. The first-order valence-electron chi connectivity index (χ1n) is 7.37.